The van der Waals surface area contributed by atoms with Crippen LogP contribution in [0.4, 0.5) is 0 Å². The standard InChI is InChI=1S/C16H13ClN6/c1-19-8-12(16(18)11-5-20-9-21-6-11)10-4-14-13(22-7-10)2-3-15(17)23-14/h2-9,18-19H,1H3/p+1/b12-8-,18-16?. The van der Waals surface area contributed by atoms with Crippen LogP contribution in [0.5, 0.6) is 0 Å². The normalized spacial score (nSPS) is 11.7. The fourth-order valence-electron chi connectivity index (χ4n) is 2.20. The number of nitrogens with zero attached hydrogens (tertiary/aromatic N) is 4. The van der Waals surface area contributed by atoms with Crippen molar-refractivity contribution in [2.24, 2.45) is 0 Å². The van der Waals surface area contributed by atoms with E-state index in [1.54, 1.807) is 24.7 Å². The summed E-state index contributed by atoms with van der Waals surface area (Å²) in [5, 5.41) is 10.7. The van der Waals surface area contributed by atoms with Gasteiger partial charge in [-0.2, -0.15) is 0 Å². The molecule has 3 N–H and O–H groups in total. The van der Waals surface area contributed by atoms with Crippen LogP contribution in [-0.4, -0.2) is 32.7 Å². The SMILES string of the molecule is C[NH2+]/C=C(\C(=N)c1cncnc1)c1cnc2ccc(Cl)nc2c1. The van der Waals surface area contributed by atoms with Crippen molar-refractivity contribution in [1.29, 1.82) is 5.41 Å². The van der Waals surface area contributed by atoms with Gasteiger partial charge in [-0.3, -0.25) is 10.4 Å². The Bertz CT molecular complexity index is 891. The summed E-state index contributed by atoms with van der Waals surface area (Å²) in [5.74, 6) is 0. The van der Waals surface area contributed by atoms with E-state index in [4.69, 9.17) is 17.0 Å². The van der Waals surface area contributed by atoms with Gasteiger partial charge in [0.05, 0.1) is 29.4 Å². The molecule has 114 valence electrons. The van der Waals surface area contributed by atoms with E-state index < -0.39 is 0 Å². The number of aromatic nitrogens is 4. The van der Waals surface area contributed by atoms with Gasteiger partial charge in [0, 0.05) is 29.7 Å². The van der Waals surface area contributed by atoms with Crippen LogP contribution in [0.15, 0.2) is 49.3 Å². The highest BCUT2D eigenvalue weighted by molar-refractivity contribution is 6.30. The first-order chi connectivity index (χ1) is 11.2. The summed E-state index contributed by atoms with van der Waals surface area (Å²) in [6, 6.07) is 5.40. The third kappa shape index (κ3) is 3.23. The van der Waals surface area contributed by atoms with Gasteiger partial charge in [0.25, 0.3) is 0 Å². The molecule has 0 radical (unpaired) electrons. The maximum atomic E-state index is 8.44. The number of hydrogen-bond acceptors (Lipinski definition) is 5. The molecule has 3 aromatic heterocycles. The second-order valence-corrected chi connectivity index (χ2v) is 5.20. The highest BCUT2D eigenvalue weighted by Crippen LogP contribution is 2.21. The minimum Gasteiger partial charge on any atom is -0.322 e. The van der Waals surface area contributed by atoms with Gasteiger partial charge in [-0.15, -0.1) is 0 Å². The van der Waals surface area contributed by atoms with E-state index in [2.05, 4.69) is 19.9 Å². The number of quaternary nitrogens is 1. The van der Waals surface area contributed by atoms with Crippen molar-refractivity contribution in [2.45, 2.75) is 0 Å². The van der Waals surface area contributed by atoms with Crippen molar-refractivity contribution >= 4 is 33.9 Å². The van der Waals surface area contributed by atoms with Crippen LogP contribution >= 0.6 is 11.6 Å². The van der Waals surface area contributed by atoms with E-state index in [0.29, 0.717) is 21.9 Å². The molecule has 3 rings (SSSR count). The largest absolute Gasteiger partial charge is 0.322 e. The van der Waals surface area contributed by atoms with Crippen molar-refractivity contribution in [3.8, 4) is 0 Å². The lowest BCUT2D eigenvalue weighted by atomic mass is 9.99. The first-order valence-corrected chi connectivity index (χ1v) is 7.33. The Balaban J connectivity index is 2.08. The summed E-state index contributed by atoms with van der Waals surface area (Å²) >= 11 is 5.95. The fourth-order valence-corrected chi connectivity index (χ4v) is 2.36. The van der Waals surface area contributed by atoms with Crippen LogP contribution in [0.2, 0.25) is 5.15 Å². The van der Waals surface area contributed by atoms with Crippen LogP contribution < -0.4 is 5.32 Å². The number of allylic oxidation sites excluding steroid dienone is 1. The third-order valence-electron chi connectivity index (χ3n) is 3.27. The van der Waals surface area contributed by atoms with Gasteiger partial charge in [0.15, 0.2) is 0 Å². The molecule has 3 aromatic rings. The lowest BCUT2D eigenvalue weighted by molar-refractivity contribution is -0.555. The molecule has 0 spiro atoms. The Labute approximate surface area is 137 Å². The quantitative estimate of drug-likeness (QED) is 0.564. The molecule has 6 nitrogen and oxygen atoms in total. The Morgan fingerprint density at radius 1 is 1.13 bits per heavy atom. The zero-order valence-corrected chi connectivity index (χ0v) is 13.1. The molecule has 0 bridgehead atoms. The lowest BCUT2D eigenvalue weighted by Crippen LogP contribution is -2.73. The zero-order chi connectivity index (χ0) is 16.2. The van der Waals surface area contributed by atoms with Crippen molar-refractivity contribution in [1.82, 2.24) is 19.9 Å². The van der Waals surface area contributed by atoms with Gasteiger partial charge >= 0.3 is 0 Å². The molecule has 23 heavy (non-hydrogen) atoms. The number of rotatable bonds is 4. The number of halogens is 1. The number of pyridine rings is 2. The highest BCUT2D eigenvalue weighted by atomic mass is 35.5. The zero-order valence-electron chi connectivity index (χ0n) is 12.4. The number of nitrogens with one attached hydrogen (secondary N) is 1. The summed E-state index contributed by atoms with van der Waals surface area (Å²) < 4.78 is 0. The molecule has 0 amide bonds. The summed E-state index contributed by atoms with van der Waals surface area (Å²) in [4.78, 5) is 16.6. The van der Waals surface area contributed by atoms with E-state index in [0.717, 1.165) is 16.7 Å². The highest BCUT2D eigenvalue weighted by Gasteiger charge is 2.14. The second kappa shape index (κ2) is 6.60. The summed E-state index contributed by atoms with van der Waals surface area (Å²) in [7, 11) is 1.90. The average molecular weight is 326 g/mol. The van der Waals surface area contributed by atoms with E-state index in [9.17, 15) is 0 Å². The molecular formula is C16H14ClN6+. The van der Waals surface area contributed by atoms with Crippen molar-refractivity contribution in [2.75, 3.05) is 7.05 Å². The third-order valence-corrected chi connectivity index (χ3v) is 3.48. The number of nitrogens with two attached hydrogens (primary N) is 1. The maximum Gasteiger partial charge on any atom is 0.129 e. The summed E-state index contributed by atoms with van der Waals surface area (Å²) in [5.41, 5.74) is 3.92. The topological polar surface area (TPSA) is 92.0 Å². The Morgan fingerprint density at radius 3 is 2.65 bits per heavy atom. The molecular weight excluding hydrogens is 312 g/mol. The molecule has 0 unspecified atom stereocenters. The van der Waals surface area contributed by atoms with Gasteiger partial charge in [0.1, 0.15) is 17.7 Å². The average Bonchev–Trinajstić information content (AvgIpc) is 2.59. The molecule has 0 aromatic carbocycles. The minimum atomic E-state index is 0.326. The summed E-state index contributed by atoms with van der Waals surface area (Å²) in [6.45, 7) is 0. The van der Waals surface area contributed by atoms with Crippen LogP contribution in [0.1, 0.15) is 11.1 Å². The van der Waals surface area contributed by atoms with Gasteiger partial charge < -0.3 is 5.32 Å². The van der Waals surface area contributed by atoms with E-state index >= 15 is 0 Å². The van der Waals surface area contributed by atoms with Gasteiger partial charge in [0.2, 0.25) is 0 Å². The van der Waals surface area contributed by atoms with E-state index in [-0.39, 0.29) is 0 Å². The molecule has 0 saturated heterocycles. The molecule has 0 atom stereocenters. The summed E-state index contributed by atoms with van der Waals surface area (Å²) in [6.07, 6.45) is 8.26. The van der Waals surface area contributed by atoms with E-state index in [1.807, 2.05) is 30.7 Å². The van der Waals surface area contributed by atoms with Gasteiger partial charge in [-0.05, 0) is 18.2 Å². The minimum absolute atomic E-state index is 0.326. The van der Waals surface area contributed by atoms with Crippen LogP contribution in [0.3, 0.4) is 0 Å². The predicted octanol–water partition coefficient (Wildman–Crippen LogP) is 1.68. The first kappa shape index (κ1) is 15.2. The molecule has 0 aliphatic carbocycles. The Morgan fingerprint density at radius 2 is 1.91 bits per heavy atom. The van der Waals surface area contributed by atoms with Crippen molar-refractivity contribution < 1.29 is 5.32 Å². The molecule has 3 heterocycles. The van der Waals surface area contributed by atoms with Crippen LogP contribution in [0.25, 0.3) is 16.6 Å². The second-order valence-electron chi connectivity index (χ2n) is 4.81. The Kier molecular flexibility index (Phi) is 4.36. The fraction of sp³-hybridized carbons (Fsp3) is 0.0625. The van der Waals surface area contributed by atoms with Crippen molar-refractivity contribution in [3.63, 3.8) is 0 Å². The maximum absolute atomic E-state index is 8.44. The van der Waals surface area contributed by atoms with E-state index in [1.165, 1.54) is 6.33 Å². The molecule has 0 aliphatic heterocycles. The van der Waals surface area contributed by atoms with Gasteiger partial charge in [-0.25, -0.2) is 15.0 Å². The molecule has 0 saturated carbocycles. The first-order valence-electron chi connectivity index (χ1n) is 6.95. The number of fused-ring (bicyclic) bond motifs is 1. The molecule has 0 aliphatic rings. The number of hydrogen-bond donors (Lipinski definition) is 2. The molecule has 7 heteroatoms. The lowest BCUT2D eigenvalue weighted by Gasteiger charge is -2.08. The van der Waals surface area contributed by atoms with Crippen LogP contribution in [-0.2, 0) is 0 Å². The van der Waals surface area contributed by atoms with Crippen LogP contribution in [0, 0.1) is 5.41 Å². The molecule has 0 fully saturated rings. The smallest absolute Gasteiger partial charge is 0.129 e. The van der Waals surface area contributed by atoms with Gasteiger partial charge in [-0.1, -0.05) is 11.6 Å². The van der Waals surface area contributed by atoms with Crippen molar-refractivity contribution in [3.05, 3.63) is 65.6 Å². The Hall–Kier alpha value is -2.70. The monoisotopic (exact) mass is 325 g/mol. The predicted molar refractivity (Wildman–Crippen MR) is 89.2 cm³/mol.